The molecule has 0 spiro atoms. The molecule has 8 nitrogen and oxygen atoms in total. The molecule has 0 aliphatic rings. The Labute approximate surface area is 500 Å². The Balaban J connectivity index is 3.98. The summed E-state index contributed by atoms with van der Waals surface area (Å²) in [6, 6.07) is -0.885. The van der Waals surface area contributed by atoms with Crippen molar-refractivity contribution in [3.05, 3.63) is 24.3 Å². The second-order valence-corrected chi connectivity index (χ2v) is 27.4. The monoisotopic (exact) mass is 1150 g/mol. The van der Waals surface area contributed by atoms with E-state index in [1.54, 1.807) is 6.08 Å². The van der Waals surface area contributed by atoms with Crippen LogP contribution >= 0.6 is 7.82 Å². The van der Waals surface area contributed by atoms with Gasteiger partial charge < -0.3 is 28.8 Å². The van der Waals surface area contributed by atoms with Gasteiger partial charge >= 0.3 is 0 Å². The molecule has 0 aromatic heterocycles. The highest BCUT2D eigenvalue weighted by molar-refractivity contribution is 7.45. The molecular weight excluding hydrogens is 1010 g/mol. The number of aliphatic hydroxyl groups excluding tert-OH is 1. The van der Waals surface area contributed by atoms with Crippen LogP contribution in [0.2, 0.25) is 0 Å². The number of unbranched alkanes of at least 4 members (excludes halogenated alkanes) is 52. The molecule has 0 radical (unpaired) electrons. The van der Waals surface area contributed by atoms with Gasteiger partial charge in [-0.15, -0.1) is 0 Å². The molecule has 80 heavy (non-hydrogen) atoms. The Morgan fingerprint density at radius 1 is 0.425 bits per heavy atom. The summed E-state index contributed by atoms with van der Waals surface area (Å²) in [5.74, 6) is -0.188. The van der Waals surface area contributed by atoms with Gasteiger partial charge in [0.1, 0.15) is 13.2 Å². The number of carbonyl (C=O) groups is 1. The third kappa shape index (κ3) is 64.5. The fourth-order valence-electron chi connectivity index (χ4n) is 11.1. The molecular formula is C71H141N2O6P. The normalized spacial score (nSPS) is 13.7. The highest BCUT2D eigenvalue weighted by Gasteiger charge is 2.23. The number of nitrogens with one attached hydrogen (secondary N) is 1. The predicted octanol–water partition coefficient (Wildman–Crippen LogP) is 22.0. The molecule has 0 rings (SSSR count). The fraction of sp³-hybridized carbons (Fsp3) is 0.930. The summed E-state index contributed by atoms with van der Waals surface area (Å²) in [4.78, 5) is 25.6. The zero-order valence-corrected chi connectivity index (χ0v) is 55.5. The summed E-state index contributed by atoms with van der Waals surface area (Å²) in [5, 5.41) is 14.0. The zero-order chi connectivity index (χ0) is 58.4. The number of nitrogens with zero attached hydrogens (tertiary/aromatic N) is 1. The first kappa shape index (κ1) is 79.0. The van der Waals surface area contributed by atoms with Gasteiger partial charge in [-0.05, 0) is 44.9 Å². The first-order valence-electron chi connectivity index (χ1n) is 35.7. The number of carbonyl (C=O) groups excluding carboxylic acids is 1. The van der Waals surface area contributed by atoms with Crippen molar-refractivity contribution in [3.8, 4) is 0 Å². The molecule has 3 unspecified atom stereocenters. The molecule has 0 saturated heterocycles. The summed E-state index contributed by atoms with van der Waals surface area (Å²) in [6.45, 7) is 4.71. The molecule has 0 bridgehead atoms. The molecule has 2 N–H and O–H groups in total. The van der Waals surface area contributed by atoms with Gasteiger partial charge in [0.05, 0.1) is 39.9 Å². The van der Waals surface area contributed by atoms with Gasteiger partial charge in [0, 0.05) is 6.42 Å². The number of likely N-dealkylation sites (N-methyl/N-ethyl adjacent to an activating group) is 1. The Bertz CT molecular complexity index is 1350. The lowest BCUT2D eigenvalue weighted by Gasteiger charge is -2.29. The number of hydrogen-bond donors (Lipinski definition) is 2. The van der Waals surface area contributed by atoms with E-state index in [4.69, 9.17) is 9.05 Å². The minimum Gasteiger partial charge on any atom is -0.756 e. The van der Waals surface area contributed by atoms with Crippen LogP contribution in [0.15, 0.2) is 24.3 Å². The lowest BCUT2D eigenvalue weighted by molar-refractivity contribution is -0.870. The summed E-state index contributed by atoms with van der Waals surface area (Å²) < 4.78 is 23.5. The number of rotatable bonds is 67. The lowest BCUT2D eigenvalue weighted by atomic mass is 10.0. The Morgan fingerprint density at radius 3 is 0.975 bits per heavy atom. The van der Waals surface area contributed by atoms with Crippen LogP contribution < -0.4 is 10.2 Å². The third-order valence-electron chi connectivity index (χ3n) is 16.7. The maximum atomic E-state index is 13.0. The van der Waals surface area contributed by atoms with Crippen molar-refractivity contribution in [2.75, 3.05) is 40.9 Å². The maximum Gasteiger partial charge on any atom is 0.268 e. The van der Waals surface area contributed by atoms with E-state index in [0.717, 1.165) is 38.5 Å². The standard InChI is InChI=1S/C71H141N2O6P/c1-6-8-10-12-14-16-18-20-22-24-26-28-30-31-32-33-34-35-36-37-38-39-40-41-43-45-47-49-51-53-55-57-59-61-63-65-71(75)72-69(68-79-80(76,77)78-67-66-73(3,4)5)70(74)64-62-60-58-56-54-52-50-48-46-44-42-29-27-25-23-21-19-17-15-13-11-9-7-2/h24,26,62,64,69-70,74H,6-23,25,27-61,63,65-68H2,1-5H3,(H-,72,75,76,77)/b26-24-,64-62+. The summed E-state index contributed by atoms with van der Waals surface area (Å²) in [7, 11) is 1.28. The van der Waals surface area contributed by atoms with E-state index in [1.165, 1.54) is 315 Å². The number of allylic oxidation sites excluding steroid dienone is 3. The minimum absolute atomic E-state index is 0.00215. The molecule has 0 fully saturated rings. The third-order valence-corrected chi connectivity index (χ3v) is 17.6. The van der Waals surface area contributed by atoms with Crippen LogP contribution in [0.3, 0.4) is 0 Å². The molecule has 476 valence electrons. The van der Waals surface area contributed by atoms with Gasteiger partial charge in [-0.3, -0.25) is 9.36 Å². The van der Waals surface area contributed by atoms with Gasteiger partial charge in [-0.25, -0.2) is 0 Å². The van der Waals surface area contributed by atoms with Crippen molar-refractivity contribution in [1.82, 2.24) is 5.32 Å². The van der Waals surface area contributed by atoms with Crippen LogP contribution in [0.25, 0.3) is 0 Å². The van der Waals surface area contributed by atoms with Gasteiger partial charge in [0.25, 0.3) is 7.82 Å². The first-order valence-corrected chi connectivity index (χ1v) is 37.2. The molecule has 9 heteroatoms. The van der Waals surface area contributed by atoms with E-state index in [2.05, 4.69) is 31.3 Å². The minimum atomic E-state index is -4.60. The van der Waals surface area contributed by atoms with E-state index >= 15 is 0 Å². The molecule has 0 saturated carbocycles. The summed E-state index contributed by atoms with van der Waals surface area (Å²) in [6.07, 6.45) is 81.7. The number of quaternary nitrogens is 1. The molecule has 0 aromatic rings. The second-order valence-electron chi connectivity index (χ2n) is 25.9. The van der Waals surface area contributed by atoms with Crippen LogP contribution in [0.1, 0.15) is 373 Å². The van der Waals surface area contributed by atoms with Crippen molar-refractivity contribution in [2.45, 2.75) is 386 Å². The average molecular weight is 1150 g/mol. The molecule has 0 aromatic carbocycles. The Morgan fingerprint density at radius 2 is 0.688 bits per heavy atom. The first-order chi connectivity index (χ1) is 39.0. The van der Waals surface area contributed by atoms with E-state index in [1.807, 2.05) is 27.2 Å². The van der Waals surface area contributed by atoms with Crippen molar-refractivity contribution in [1.29, 1.82) is 0 Å². The number of phosphoric ester groups is 1. The lowest BCUT2D eigenvalue weighted by Crippen LogP contribution is -2.45. The number of hydrogen-bond acceptors (Lipinski definition) is 6. The van der Waals surface area contributed by atoms with E-state index < -0.39 is 20.0 Å². The fourth-order valence-corrected chi connectivity index (χ4v) is 11.8. The van der Waals surface area contributed by atoms with Gasteiger partial charge in [0.2, 0.25) is 5.91 Å². The van der Waals surface area contributed by atoms with Crippen LogP contribution in [0, 0.1) is 0 Å². The summed E-state index contributed by atoms with van der Waals surface area (Å²) in [5.41, 5.74) is 0. The average Bonchev–Trinajstić information content (AvgIpc) is 3.42. The SMILES string of the molecule is CCCCCCCCCC/C=C\CCCCCCCCCCCCCCCCCCCCCCCCCC(=O)NC(COP(=O)([O-])OCC[N+](C)(C)C)C(O)/C=C/CCCCCCCCCCCCCCCCCCCCCCC. The number of amides is 1. The van der Waals surface area contributed by atoms with Crippen LogP contribution in [-0.4, -0.2) is 68.5 Å². The van der Waals surface area contributed by atoms with Crippen LogP contribution in [0.4, 0.5) is 0 Å². The Hall–Kier alpha value is -1.02. The van der Waals surface area contributed by atoms with Gasteiger partial charge in [-0.2, -0.15) is 0 Å². The van der Waals surface area contributed by atoms with Crippen LogP contribution in [0.5, 0.6) is 0 Å². The van der Waals surface area contributed by atoms with Crippen molar-refractivity contribution in [2.24, 2.45) is 0 Å². The van der Waals surface area contributed by atoms with Gasteiger partial charge in [-0.1, -0.05) is 346 Å². The molecule has 0 aliphatic carbocycles. The predicted molar refractivity (Wildman–Crippen MR) is 349 cm³/mol. The highest BCUT2D eigenvalue weighted by Crippen LogP contribution is 2.38. The van der Waals surface area contributed by atoms with Crippen molar-refractivity contribution >= 4 is 13.7 Å². The topological polar surface area (TPSA) is 108 Å². The largest absolute Gasteiger partial charge is 0.756 e. The Kier molecular flexibility index (Phi) is 61.7. The van der Waals surface area contributed by atoms with Crippen LogP contribution in [-0.2, 0) is 18.4 Å². The van der Waals surface area contributed by atoms with E-state index in [9.17, 15) is 19.4 Å². The second kappa shape index (κ2) is 62.5. The highest BCUT2D eigenvalue weighted by atomic mass is 31.2. The smallest absolute Gasteiger partial charge is 0.268 e. The quantitative estimate of drug-likeness (QED) is 0.0272. The summed E-state index contributed by atoms with van der Waals surface area (Å²) >= 11 is 0. The zero-order valence-electron chi connectivity index (χ0n) is 54.6. The van der Waals surface area contributed by atoms with E-state index in [0.29, 0.717) is 17.4 Å². The molecule has 0 heterocycles. The van der Waals surface area contributed by atoms with Gasteiger partial charge in [0.15, 0.2) is 0 Å². The number of aliphatic hydroxyl groups is 1. The molecule has 1 amide bonds. The molecule has 3 atom stereocenters. The van der Waals surface area contributed by atoms with Crippen molar-refractivity contribution < 1.29 is 32.9 Å². The van der Waals surface area contributed by atoms with E-state index in [-0.39, 0.29) is 19.1 Å². The van der Waals surface area contributed by atoms with Crippen molar-refractivity contribution in [3.63, 3.8) is 0 Å². The molecule has 0 aliphatic heterocycles. The maximum absolute atomic E-state index is 13.0. The number of phosphoric acid groups is 1.